The lowest BCUT2D eigenvalue weighted by Crippen LogP contribution is -2.61. The van der Waals surface area contributed by atoms with Crippen molar-refractivity contribution in [3.8, 4) is 11.5 Å². The van der Waals surface area contributed by atoms with Crippen molar-refractivity contribution in [1.82, 2.24) is 10.2 Å². The molecule has 2 aromatic carbocycles. The molecule has 1 spiro atoms. The van der Waals surface area contributed by atoms with Crippen molar-refractivity contribution >= 4 is 17.5 Å². The van der Waals surface area contributed by atoms with E-state index in [1.165, 1.54) is 0 Å². The number of aliphatic hydroxyl groups is 1. The summed E-state index contributed by atoms with van der Waals surface area (Å²) in [6, 6.07) is 15.3. The number of hydrogen-bond donors (Lipinski definition) is 2. The second-order valence-corrected chi connectivity index (χ2v) is 8.17. The molecule has 0 saturated carbocycles. The summed E-state index contributed by atoms with van der Waals surface area (Å²) in [6.07, 6.45) is 1.72. The largest absolute Gasteiger partial charge is 0.457 e. The molecular formula is C22H25ClN2O3. The molecular weight excluding hydrogens is 376 g/mol. The predicted octanol–water partition coefficient (Wildman–Crippen LogP) is 3.60. The molecule has 2 aromatic rings. The highest BCUT2D eigenvalue weighted by Crippen LogP contribution is 2.38. The fourth-order valence-electron chi connectivity index (χ4n) is 4.27. The van der Waals surface area contributed by atoms with Crippen LogP contribution in [0.4, 0.5) is 0 Å². The van der Waals surface area contributed by atoms with Gasteiger partial charge in [0, 0.05) is 31.2 Å². The molecule has 2 N–H and O–H groups in total. The molecule has 0 unspecified atom stereocenters. The minimum Gasteiger partial charge on any atom is -0.457 e. The molecule has 148 valence electrons. The Labute approximate surface area is 170 Å². The number of ether oxygens (including phenoxy) is 1. The van der Waals surface area contributed by atoms with Crippen LogP contribution in [-0.4, -0.2) is 41.7 Å². The number of rotatable bonds is 4. The number of carbonyl (C=O) groups is 1. The van der Waals surface area contributed by atoms with Crippen LogP contribution in [-0.2, 0) is 11.3 Å². The minimum atomic E-state index is -0.673. The smallest absolute Gasteiger partial charge is 0.230 e. The first-order chi connectivity index (χ1) is 13.5. The van der Waals surface area contributed by atoms with Crippen LogP contribution in [0.3, 0.4) is 0 Å². The number of hydrogen-bond acceptors (Lipinski definition) is 4. The van der Waals surface area contributed by atoms with E-state index < -0.39 is 11.5 Å². The van der Waals surface area contributed by atoms with Crippen LogP contribution in [0.5, 0.6) is 11.5 Å². The number of aliphatic hydroxyl groups excluding tert-OH is 1. The van der Waals surface area contributed by atoms with E-state index in [-0.39, 0.29) is 5.91 Å². The standard InChI is InChI=1S/C22H25ClN2O3/c23-17-5-7-18(8-6-17)28-19-4-1-3-16(13-19)14-25-12-9-20(26)22(15-25)10-2-11-24-21(22)27/h1,3-8,13,20,26H,2,9-12,14-15H2,(H,24,27)/t20-,22+/m0/s1. The van der Waals surface area contributed by atoms with Crippen molar-refractivity contribution in [2.45, 2.75) is 31.9 Å². The lowest BCUT2D eigenvalue weighted by molar-refractivity contribution is -0.149. The van der Waals surface area contributed by atoms with Gasteiger partial charge in [-0.1, -0.05) is 23.7 Å². The molecule has 28 heavy (non-hydrogen) atoms. The van der Waals surface area contributed by atoms with Gasteiger partial charge in [-0.25, -0.2) is 0 Å². The van der Waals surface area contributed by atoms with Crippen molar-refractivity contribution < 1.29 is 14.6 Å². The van der Waals surface area contributed by atoms with Crippen LogP contribution in [0, 0.1) is 5.41 Å². The highest BCUT2D eigenvalue weighted by Gasteiger charge is 2.49. The van der Waals surface area contributed by atoms with Gasteiger partial charge in [0.05, 0.1) is 11.5 Å². The van der Waals surface area contributed by atoms with Gasteiger partial charge in [0.15, 0.2) is 0 Å². The molecule has 1 amide bonds. The second kappa shape index (κ2) is 8.11. The highest BCUT2D eigenvalue weighted by atomic mass is 35.5. The van der Waals surface area contributed by atoms with E-state index in [2.05, 4.69) is 16.3 Å². The Morgan fingerprint density at radius 3 is 2.82 bits per heavy atom. The van der Waals surface area contributed by atoms with Crippen molar-refractivity contribution in [2.75, 3.05) is 19.6 Å². The van der Waals surface area contributed by atoms with Crippen LogP contribution in [0.15, 0.2) is 48.5 Å². The quantitative estimate of drug-likeness (QED) is 0.823. The number of carbonyl (C=O) groups excluding carboxylic acids is 1. The average molecular weight is 401 g/mol. The fourth-order valence-corrected chi connectivity index (χ4v) is 4.39. The predicted molar refractivity (Wildman–Crippen MR) is 109 cm³/mol. The fraction of sp³-hybridized carbons (Fsp3) is 0.409. The Bertz CT molecular complexity index is 842. The number of benzene rings is 2. The maximum atomic E-state index is 12.5. The van der Waals surface area contributed by atoms with Gasteiger partial charge in [-0.05, 0) is 61.2 Å². The molecule has 4 rings (SSSR count). The molecule has 2 fully saturated rings. The zero-order chi connectivity index (χ0) is 19.6. The normalized spacial score (nSPS) is 25.5. The van der Waals surface area contributed by atoms with Gasteiger partial charge < -0.3 is 15.2 Å². The maximum Gasteiger partial charge on any atom is 0.230 e. The molecule has 0 radical (unpaired) electrons. The zero-order valence-electron chi connectivity index (χ0n) is 15.7. The molecule has 2 saturated heterocycles. The van der Waals surface area contributed by atoms with Crippen LogP contribution >= 0.6 is 11.6 Å². The molecule has 2 aliphatic heterocycles. The van der Waals surface area contributed by atoms with E-state index in [1.807, 2.05) is 30.3 Å². The maximum absolute atomic E-state index is 12.5. The van der Waals surface area contributed by atoms with E-state index in [0.29, 0.717) is 24.5 Å². The summed E-state index contributed by atoms with van der Waals surface area (Å²) in [5.74, 6) is 1.50. The summed E-state index contributed by atoms with van der Waals surface area (Å²) in [4.78, 5) is 14.8. The monoisotopic (exact) mass is 400 g/mol. The highest BCUT2D eigenvalue weighted by molar-refractivity contribution is 6.30. The Morgan fingerprint density at radius 1 is 1.21 bits per heavy atom. The van der Waals surface area contributed by atoms with Gasteiger partial charge in [0.1, 0.15) is 11.5 Å². The third kappa shape index (κ3) is 4.02. The molecule has 2 atom stereocenters. The first-order valence-corrected chi connectivity index (χ1v) is 10.1. The SMILES string of the molecule is O=C1NCCC[C@]12CN(Cc1cccc(Oc3ccc(Cl)cc3)c1)CC[C@@H]2O. The van der Waals surface area contributed by atoms with Gasteiger partial charge in [-0.3, -0.25) is 9.69 Å². The van der Waals surface area contributed by atoms with Gasteiger partial charge in [0.2, 0.25) is 5.91 Å². The topological polar surface area (TPSA) is 61.8 Å². The van der Waals surface area contributed by atoms with Crippen molar-refractivity contribution in [1.29, 1.82) is 0 Å². The Kier molecular flexibility index (Phi) is 5.58. The number of halogens is 1. The Morgan fingerprint density at radius 2 is 2.04 bits per heavy atom. The second-order valence-electron chi connectivity index (χ2n) is 7.73. The van der Waals surface area contributed by atoms with Crippen molar-refractivity contribution in [2.24, 2.45) is 5.41 Å². The van der Waals surface area contributed by atoms with E-state index in [9.17, 15) is 9.90 Å². The van der Waals surface area contributed by atoms with E-state index >= 15 is 0 Å². The summed E-state index contributed by atoms with van der Waals surface area (Å²) >= 11 is 5.92. The van der Waals surface area contributed by atoms with Crippen LogP contribution in [0.25, 0.3) is 0 Å². The molecule has 6 heteroatoms. The number of nitrogens with zero attached hydrogens (tertiary/aromatic N) is 1. The molecule has 2 heterocycles. The molecule has 0 bridgehead atoms. The van der Waals surface area contributed by atoms with E-state index in [4.69, 9.17) is 16.3 Å². The third-order valence-electron chi connectivity index (χ3n) is 5.75. The molecule has 2 aliphatic rings. The van der Waals surface area contributed by atoms with Gasteiger partial charge in [-0.15, -0.1) is 0 Å². The lowest BCUT2D eigenvalue weighted by atomic mass is 9.71. The zero-order valence-corrected chi connectivity index (χ0v) is 16.5. The minimum absolute atomic E-state index is 0.00391. The number of nitrogens with one attached hydrogen (secondary N) is 1. The molecule has 0 aliphatic carbocycles. The average Bonchev–Trinajstić information content (AvgIpc) is 2.69. The van der Waals surface area contributed by atoms with Gasteiger partial charge in [0.25, 0.3) is 0 Å². The van der Waals surface area contributed by atoms with Crippen LogP contribution in [0.1, 0.15) is 24.8 Å². The van der Waals surface area contributed by atoms with Gasteiger partial charge >= 0.3 is 0 Å². The number of likely N-dealkylation sites (tertiary alicyclic amines) is 1. The van der Waals surface area contributed by atoms with E-state index in [1.54, 1.807) is 12.1 Å². The third-order valence-corrected chi connectivity index (χ3v) is 6.01. The first kappa shape index (κ1) is 19.2. The Hall–Kier alpha value is -2.08. The summed E-state index contributed by atoms with van der Waals surface area (Å²) in [6.45, 7) is 2.79. The summed E-state index contributed by atoms with van der Waals surface area (Å²) in [7, 11) is 0. The molecule has 0 aromatic heterocycles. The van der Waals surface area contributed by atoms with Crippen LogP contribution < -0.4 is 10.1 Å². The number of amides is 1. The van der Waals surface area contributed by atoms with Crippen molar-refractivity contribution in [3.05, 3.63) is 59.1 Å². The summed E-state index contributed by atoms with van der Waals surface area (Å²) in [5.41, 5.74) is 0.447. The first-order valence-electron chi connectivity index (χ1n) is 9.76. The van der Waals surface area contributed by atoms with E-state index in [0.717, 1.165) is 43.0 Å². The Balaban J connectivity index is 1.45. The van der Waals surface area contributed by atoms with Gasteiger partial charge in [-0.2, -0.15) is 0 Å². The molecule has 5 nitrogen and oxygen atoms in total. The lowest BCUT2D eigenvalue weighted by Gasteiger charge is -2.47. The van der Waals surface area contributed by atoms with Crippen molar-refractivity contribution in [3.63, 3.8) is 0 Å². The summed E-state index contributed by atoms with van der Waals surface area (Å²) in [5, 5.41) is 14.2. The summed E-state index contributed by atoms with van der Waals surface area (Å²) < 4.78 is 5.93. The number of piperidine rings is 2. The van der Waals surface area contributed by atoms with Crippen LogP contribution in [0.2, 0.25) is 5.02 Å².